The smallest absolute Gasteiger partial charge is 0.273 e. The second kappa shape index (κ2) is 11.6. The van der Waals surface area contributed by atoms with Crippen LogP contribution in [0.1, 0.15) is 63.3 Å². The molecule has 9 heteroatoms. The summed E-state index contributed by atoms with van der Waals surface area (Å²) in [6, 6.07) is 18.5. The van der Waals surface area contributed by atoms with Crippen LogP contribution in [-0.4, -0.2) is 28.7 Å². The third-order valence-electron chi connectivity index (χ3n) is 7.08. The number of benzene rings is 2. The molecule has 0 aliphatic carbocycles. The molecular weight excluding hydrogens is 525 g/mol. The summed E-state index contributed by atoms with van der Waals surface area (Å²) in [6.45, 7) is 9.45. The van der Waals surface area contributed by atoms with Gasteiger partial charge in [-0.3, -0.25) is 9.99 Å². The quantitative estimate of drug-likeness (QED) is 0.179. The number of hydrogen-bond acceptors (Lipinski definition) is 6. The molecule has 0 aliphatic rings. The summed E-state index contributed by atoms with van der Waals surface area (Å²) in [5, 5.41) is 26.5. The van der Waals surface area contributed by atoms with Crippen molar-refractivity contribution in [1.82, 2.24) is 15.0 Å². The minimum Gasteiger partial charge on any atom is -0.273 e. The third kappa shape index (κ3) is 5.80. The van der Waals surface area contributed by atoms with Gasteiger partial charge in [0.05, 0.1) is 22.6 Å². The zero-order valence-electron chi connectivity index (χ0n) is 23.1. The highest BCUT2D eigenvalue weighted by molar-refractivity contribution is 5.88. The standard InChI is InChI=1S/C32H27F3N6/c1-6-30(41(5)38-4)31(24-13-7-19(2)39-20(24)3)22-10-14-28-26(16-22)27(17-36)25(29(18-37)40-28)15-21-8-11-23(12-9-21)32(33,34)35/h6-14,16,31H,4,15H2,1-3,5H3/b30-6-. The van der Waals surface area contributed by atoms with E-state index in [-0.39, 0.29) is 23.6 Å². The first kappa shape index (κ1) is 29.0. The minimum atomic E-state index is -4.46. The lowest BCUT2D eigenvalue weighted by molar-refractivity contribution is -0.137. The normalized spacial score (nSPS) is 12.5. The van der Waals surface area contributed by atoms with Crippen LogP contribution in [0.25, 0.3) is 10.9 Å². The van der Waals surface area contributed by atoms with Crippen molar-refractivity contribution in [3.63, 3.8) is 0 Å². The van der Waals surface area contributed by atoms with Crippen molar-refractivity contribution < 1.29 is 13.2 Å². The number of aromatic nitrogens is 2. The number of nitrogens with zero attached hydrogens (tertiary/aromatic N) is 6. The summed E-state index contributed by atoms with van der Waals surface area (Å²) in [5.41, 5.74) is 5.26. The molecule has 6 nitrogen and oxygen atoms in total. The number of likely N-dealkylation sites (N-methyl/N-ethyl adjacent to an activating group) is 1. The number of halogens is 3. The van der Waals surface area contributed by atoms with Crippen LogP contribution in [0.3, 0.4) is 0 Å². The predicted molar refractivity (Wildman–Crippen MR) is 152 cm³/mol. The molecule has 0 spiro atoms. The van der Waals surface area contributed by atoms with Gasteiger partial charge < -0.3 is 0 Å². The zero-order chi connectivity index (χ0) is 29.9. The van der Waals surface area contributed by atoms with Crippen LogP contribution in [-0.2, 0) is 12.6 Å². The Labute approximate surface area is 236 Å². The van der Waals surface area contributed by atoms with E-state index in [0.717, 1.165) is 40.3 Å². The van der Waals surface area contributed by atoms with Crippen molar-refractivity contribution in [2.45, 2.75) is 39.3 Å². The maximum atomic E-state index is 13.1. The Morgan fingerprint density at radius 2 is 1.76 bits per heavy atom. The summed E-state index contributed by atoms with van der Waals surface area (Å²) in [4.78, 5) is 9.18. The second-order valence-electron chi connectivity index (χ2n) is 9.62. The van der Waals surface area contributed by atoms with Gasteiger partial charge in [0, 0.05) is 48.2 Å². The molecule has 0 saturated carbocycles. The number of nitriles is 2. The molecule has 0 N–H and O–H groups in total. The number of hydrogen-bond donors (Lipinski definition) is 0. The number of alkyl halides is 3. The minimum absolute atomic E-state index is 0.0570. The summed E-state index contributed by atoms with van der Waals surface area (Å²) in [6.07, 6.45) is -2.44. The number of aryl methyl sites for hydroxylation is 2. The fourth-order valence-corrected chi connectivity index (χ4v) is 5.04. The largest absolute Gasteiger partial charge is 0.416 e. The van der Waals surface area contributed by atoms with Crippen LogP contribution in [0.5, 0.6) is 0 Å². The van der Waals surface area contributed by atoms with Crippen molar-refractivity contribution in [2.24, 2.45) is 5.10 Å². The monoisotopic (exact) mass is 552 g/mol. The third-order valence-corrected chi connectivity index (χ3v) is 7.08. The molecule has 4 aromatic rings. The molecule has 2 aromatic heterocycles. The Morgan fingerprint density at radius 3 is 2.32 bits per heavy atom. The molecule has 2 heterocycles. The van der Waals surface area contributed by atoms with Crippen LogP contribution >= 0.6 is 0 Å². The Hall–Kier alpha value is -5.02. The van der Waals surface area contributed by atoms with E-state index < -0.39 is 11.7 Å². The number of allylic oxidation sites excluding steroid dienone is 2. The molecular formula is C32H27F3N6. The van der Waals surface area contributed by atoms with E-state index in [2.05, 4.69) is 33.9 Å². The van der Waals surface area contributed by atoms with E-state index in [9.17, 15) is 23.7 Å². The number of hydrazone groups is 1. The van der Waals surface area contributed by atoms with Crippen LogP contribution in [0.15, 0.2) is 71.5 Å². The highest BCUT2D eigenvalue weighted by Gasteiger charge is 2.30. The fraction of sp³-hybridized carbons (Fsp3) is 0.219. The van der Waals surface area contributed by atoms with Crippen molar-refractivity contribution in [3.8, 4) is 12.1 Å². The summed E-state index contributed by atoms with van der Waals surface area (Å²) < 4.78 is 39.2. The van der Waals surface area contributed by atoms with Crippen molar-refractivity contribution in [3.05, 3.63) is 117 Å². The van der Waals surface area contributed by atoms with Gasteiger partial charge in [0.2, 0.25) is 0 Å². The van der Waals surface area contributed by atoms with E-state index in [1.807, 2.05) is 51.1 Å². The first-order valence-electron chi connectivity index (χ1n) is 12.8. The van der Waals surface area contributed by atoms with Crippen molar-refractivity contribution in [1.29, 1.82) is 10.5 Å². The lowest BCUT2D eigenvalue weighted by atomic mass is 9.85. The Balaban J connectivity index is 1.93. The predicted octanol–water partition coefficient (Wildman–Crippen LogP) is 7.18. The maximum Gasteiger partial charge on any atom is 0.416 e. The highest BCUT2D eigenvalue weighted by atomic mass is 19.4. The Kier molecular flexibility index (Phi) is 8.21. The number of fused-ring (bicyclic) bond motifs is 1. The average molecular weight is 553 g/mol. The lowest BCUT2D eigenvalue weighted by Gasteiger charge is -2.28. The van der Waals surface area contributed by atoms with Gasteiger partial charge in [-0.15, -0.1) is 0 Å². The van der Waals surface area contributed by atoms with Crippen molar-refractivity contribution >= 4 is 17.6 Å². The zero-order valence-corrected chi connectivity index (χ0v) is 23.1. The molecule has 0 fully saturated rings. The molecule has 1 unspecified atom stereocenters. The van der Waals surface area contributed by atoms with Crippen LogP contribution in [0.2, 0.25) is 0 Å². The van der Waals surface area contributed by atoms with Gasteiger partial charge >= 0.3 is 6.18 Å². The first-order valence-corrected chi connectivity index (χ1v) is 12.8. The molecule has 206 valence electrons. The molecule has 1 atom stereocenters. The summed E-state index contributed by atoms with van der Waals surface area (Å²) in [5.74, 6) is -0.312. The fourth-order valence-electron chi connectivity index (χ4n) is 5.04. The topological polar surface area (TPSA) is 89.0 Å². The lowest BCUT2D eigenvalue weighted by Crippen LogP contribution is -2.19. The number of pyridine rings is 2. The van der Waals surface area contributed by atoms with E-state index in [1.165, 1.54) is 12.1 Å². The van der Waals surface area contributed by atoms with Crippen LogP contribution < -0.4 is 0 Å². The molecule has 2 aromatic carbocycles. The van der Waals surface area contributed by atoms with Gasteiger partial charge in [-0.1, -0.05) is 30.3 Å². The first-order chi connectivity index (χ1) is 19.5. The molecule has 4 rings (SSSR count). The van der Waals surface area contributed by atoms with E-state index in [4.69, 9.17) is 0 Å². The molecule has 0 bridgehead atoms. The van der Waals surface area contributed by atoms with E-state index >= 15 is 0 Å². The Bertz CT molecular complexity index is 1740. The second-order valence-corrected chi connectivity index (χ2v) is 9.62. The Morgan fingerprint density at radius 1 is 1.05 bits per heavy atom. The average Bonchev–Trinajstić information content (AvgIpc) is 2.95. The van der Waals surface area contributed by atoms with E-state index in [0.29, 0.717) is 22.0 Å². The van der Waals surface area contributed by atoms with Gasteiger partial charge in [0.1, 0.15) is 17.8 Å². The van der Waals surface area contributed by atoms with Gasteiger partial charge in [-0.05, 0) is 67.8 Å². The maximum absolute atomic E-state index is 13.1. The molecule has 0 saturated heterocycles. The van der Waals surface area contributed by atoms with Gasteiger partial charge in [-0.2, -0.15) is 28.8 Å². The van der Waals surface area contributed by atoms with Gasteiger partial charge in [0.25, 0.3) is 0 Å². The van der Waals surface area contributed by atoms with Gasteiger partial charge in [0.15, 0.2) is 0 Å². The van der Waals surface area contributed by atoms with Crippen molar-refractivity contribution in [2.75, 3.05) is 7.05 Å². The van der Waals surface area contributed by atoms with E-state index in [1.54, 1.807) is 18.1 Å². The van der Waals surface area contributed by atoms with Crippen LogP contribution in [0.4, 0.5) is 13.2 Å². The summed E-state index contributed by atoms with van der Waals surface area (Å²) >= 11 is 0. The van der Waals surface area contributed by atoms with Crippen LogP contribution in [0, 0.1) is 36.5 Å². The molecule has 41 heavy (non-hydrogen) atoms. The molecule has 0 aliphatic heterocycles. The summed E-state index contributed by atoms with van der Waals surface area (Å²) in [7, 11) is 1.80. The SMILES string of the molecule is C=NN(C)/C(=C\C)C(c1ccc2nc(C#N)c(Cc3ccc(C(F)(F)F)cc3)c(C#N)c2c1)c1ccc(C)nc1C. The van der Waals surface area contributed by atoms with Gasteiger partial charge in [-0.25, -0.2) is 4.98 Å². The number of rotatable bonds is 7. The molecule has 0 amide bonds. The highest BCUT2D eigenvalue weighted by Crippen LogP contribution is 2.37. The molecule has 0 radical (unpaired) electrons.